The maximum absolute atomic E-state index is 6.14. The number of nitrogen functional groups attached to an aromatic ring is 1. The summed E-state index contributed by atoms with van der Waals surface area (Å²) in [7, 11) is 0. The zero-order valence-electron chi connectivity index (χ0n) is 13.0. The lowest BCUT2D eigenvalue weighted by Crippen LogP contribution is -2.37. The summed E-state index contributed by atoms with van der Waals surface area (Å²) >= 11 is 7.88. The third-order valence-corrected chi connectivity index (χ3v) is 4.56. The van der Waals surface area contributed by atoms with Crippen molar-refractivity contribution in [3.8, 4) is 11.4 Å². The second kappa shape index (κ2) is 7.38. The molecule has 122 valence electrons. The van der Waals surface area contributed by atoms with Crippen molar-refractivity contribution in [2.24, 2.45) is 0 Å². The molecule has 23 heavy (non-hydrogen) atoms. The molecule has 0 spiro atoms. The highest BCUT2D eigenvalue weighted by Gasteiger charge is 2.16. The number of aromatic nitrogens is 2. The molecule has 0 aliphatic carbocycles. The van der Waals surface area contributed by atoms with Crippen LogP contribution in [0.1, 0.15) is 5.69 Å². The summed E-state index contributed by atoms with van der Waals surface area (Å²) in [5.74, 6) is 2.46. The lowest BCUT2D eigenvalue weighted by Gasteiger charge is -2.28. The minimum atomic E-state index is 0.522. The van der Waals surface area contributed by atoms with Crippen LogP contribution < -0.4 is 10.6 Å². The van der Waals surface area contributed by atoms with Gasteiger partial charge in [0.05, 0.1) is 29.6 Å². The van der Waals surface area contributed by atoms with Crippen LogP contribution >= 0.6 is 23.4 Å². The van der Waals surface area contributed by atoms with Crippen molar-refractivity contribution in [3.05, 3.63) is 35.0 Å². The van der Waals surface area contributed by atoms with E-state index in [2.05, 4.69) is 22.2 Å². The molecular formula is C16H19ClN4OS. The summed E-state index contributed by atoms with van der Waals surface area (Å²) in [4.78, 5) is 11.6. The van der Waals surface area contributed by atoms with Gasteiger partial charge in [0.1, 0.15) is 5.82 Å². The van der Waals surface area contributed by atoms with E-state index in [9.17, 15) is 0 Å². The van der Waals surface area contributed by atoms with Gasteiger partial charge in [-0.1, -0.05) is 11.6 Å². The van der Waals surface area contributed by atoms with E-state index in [0.29, 0.717) is 16.5 Å². The minimum absolute atomic E-state index is 0.522. The number of morpholine rings is 1. The van der Waals surface area contributed by atoms with Gasteiger partial charge in [0, 0.05) is 30.5 Å². The van der Waals surface area contributed by atoms with Gasteiger partial charge >= 0.3 is 0 Å². The largest absolute Gasteiger partial charge is 0.398 e. The Morgan fingerprint density at radius 1 is 1.26 bits per heavy atom. The van der Waals surface area contributed by atoms with Crippen LogP contribution in [0.25, 0.3) is 11.4 Å². The van der Waals surface area contributed by atoms with E-state index in [1.165, 1.54) is 0 Å². The van der Waals surface area contributed by atoms with Crippen LogP contribution in [0.5, 0.6) is 0 Å². The van der Waals surface area contributed by atoms with E-state index >= 15 is 0 Å². The molecule has 1 aliphatic heterocycles. The van der Waals surface area contributed by atoms with Crippen molar-refractivity contribution < 1.29 is 4.74 Å². The van der Waals surface area contributed by atoms with Crippen molar-refractivity contribution >= 4 is 34.9 Å². The molecule has 1 aliphatic rings. The average Bonchev–Trinajstić information content (AvgIpc) is 2.58. The SMILES string of the molecule is CSCc1cc(N2CCOCC2)nc(-c2ccc(N)c(Cl)c2)n1. The van der Waals surface area contributed by atoms with Gasteiger partial charge in [-0.15, -0.1) is 0 Å². The molecule has 1 aromatic heterocycles. The van der Waals surface area contributed by atoms with Crippen molar-refractivity contribution in [3.63, 3.8) is 0 Å². The van der Waals surface area contributed by atoms with Gasteiger partial charge < -0.3 is 15.4 Å². The highest BCUT2D eigenvalue weighted by molar-refractivity contribution is 7.97. The fraction of sp³-hybridized carbons (Fsp3) is 0.375. The maximum Gasteiger partial charge on any atom is 0.161 e. The van der Waals surface area contributed by atoms with Gasteiger partial charge in [0.25, 0.3) is 0 Å². The van der Waals surface area contributed by atoms with Crippen molar-refractivity contribution in [1.82, 2.24) is 9.97 Å². The van der Waals surface area contributed by atoms with Crippen LogP contribution in [-0.4, -0.2) is 42.5 Å². The first kappa shape index (κ1) is 16.4. The van der Waals surface area contributed by atoms with Crippen molar-refractivity contribution in [2.75, 3.05) is 43.2 Å². The van der Waals surface area contributed by atoms with Gasteiger partial charge in [-0.05, 0) is 24.5 Å². The van der Waals surface area contributed by atoms with Gasteiger partial charge in [-0.25, -0.2) is 9.97 Å². The topological polar surface area (TPSA) is 64.3 Å². The first-order valence-corrected chi connectivity index (χ1v) is 9.19. The molecule has 1 saturated heterocycles. The van der Waals surface area contributed by atoms with Gasteiger partial charge in [0.15, 0.2) is 5.82 Å². The Morgan fingerprint density at radius 2 is 2.04 bits per heavy atom. The first-order valence-electron chi connectivity index (χ1n) is 7.42. The molecule has 2 heterocycles. The molecule has 0 saturated carbocycles. The Kier molecular flexibility index (Phi) is 5.25. The summed E-state index contributed by atoms with van der Waals surface area (Å²) in [6.45, 7) is 3.14. The van der Waals surface area contributed by atoms with Crippen LogP contribution in [0.2, 0.25) is 5.02 Å². The Balaban J connectivity index is 2.00. The van der Waals surface area contributed by atoms with Crippen molar-refractivity contribution in [1.29, 1.82) is 0 Å². The molecule has 5 nitrogen and oxygen atoms in total. The molecule has 2 aromatic rings. The van der Waals surface area contributed by atoms with E-state index in [1.807, 2.05) is 12.1 Å². The molecule has 0 amide bonds. The molecule has 7 heteroatoms. The normalized spacial score (nSPS) is 15.0. The Labute approximate surface area is 145 Å². The molecule has 0 atom stereocenters. The lowest BCUT2D eigenvalue weighted by atomic mass is 10.2. The minimum Gasteiger partial charge on any atom is -0.398 e. The molecule has 3 rings (SSSR count). The maximum atomic E-state index is 6.14. The summed E-state index contributed by atoms with van der Waals surface area (Å²) in [6, 6.07) is 7.57. The van der Waals surface area contributed by atoms with Crippen molar-refractivity contribution in [2.45, 2.75) is 5.75 Å². The Hall–Kier alpha value is -1.50. The van der Waals surface area contributed by atoms with Crippen LogP contribution in [0.4, 0.5) is 11.5 Å². The Morgan fingerprint density at radius 3 is 2.74 bits per heavy atom. The quantitative estimate of drug-likeness (QED) is 0.855. The molecule has 2 N–H and O–H groups in total. The second-order valence-electron chi connectivity index (χ2n) is 5.31. The number of hydrogen-bond acceptors (Lipinski definition) is 6. The standard InChI is InChI=1S/C16H19ClN4OS/c1-23-10-12-9-15(21-4-6-22-7-5-21)20-16(19-12)11-2-3-14(18)13(17)8-11/h2-3,8-9H,4-7,10,18H2,1H3. The summed E-state index contributed by atoms with van der Waals surface area (Å²) in [6.07, 6.45) is 2.07. The number of nitrogens with zero attached hydrogens (tertiary/aromatic N) is 3. The van der Waals surface area contributed by atoms with E-state index in [1.54, 1.807) is 17.8 Å². The molecule has 0 radical (unpaired) electrons. The molecule has 0 bridgehead atoms. The first-order chi connectivity index (χ1) is 11.2. The third-order valence-electron chi connectivity index (χ3n) is 3.65. The fourth-order valence-electron chi connectivity index (χ4n) is 2.45. The Bertz CT molecular complexity index is 692. The van der Waals surface area contributed by atoms with E-state index < -0.39 is 0 Å². The molecule has 1 aromatic carbocycles. The monoisotopic (exact) mass is 350 g/mol. The van der Waals surface area contributed by atoms with Crippen LogP contribution in [0.15, 0.2) is 24.3 Å². The summed E-state index contributed by atoms with van der Waals surface area (Å²) in [5, 5.41) is 0.522. The zero-order chi connectivity index (χ0) is 16.2. The van der Waals surface area contributed by atoms with Gasteiger partial charge in [-0.2, -0.15) is 11.8 Å². The molecule has 0 unspecified atom stereocenters. The van der Waals surface area contributed by atoms with Crippen LogP contribution in [0, 0.1) is 0 Å². The second-order valence-corrected chi connectivity index (χ2v) is 6.58. The number of benzene rings is 1. The lowest BCUT2D eigenvalue weighted by molar-refractivity contribution is 0.122. The molecular weight excluding hydrogens is 332 g/mol. The number of nitrogens with two attached hydrogens (primary N) is 1. The van der Waals surface area contributed by atoms with Crippen LogP contribution in [-0.2, 0) is 10.5 Å². The number of anilines is 2. The predicted octanol–water partition coefficient (Wildman–Crippen LogP) is 3.08. The predicted molar refractivity (Wildman–Crippen MR) is 97.1 cm³/mol. The van der Waals surface area contributed by atoms with Gasteiger partial charge in [-0.3, -0.25) is 0 Å². The van der Waals surface area contributed by atoms with E-state index in [-0.39, 0.29) is 0 Å². The van der Waals surface area contributed by atoms with E-state index in [4.69, 9.17) is 27.1 Å². The third kappa shape index (κ3) is 3.88. The summed E-state index contributed by atoms with van der Waals surface area (Å²) < 4.78 is 5.42. The van der Waals surface area contributed by atoms with Gasteiger partial charge in [0.2, 0.25) is 0 Å². The number of rotatable bonds is 4. The number of ether oxygens (including phenoxy) is 1. The highest BCUT2D eigenvalue weighted by atomic mass is 35.5. The fourth-order valence-corrected chi connectivity index (χ4v) is 3.08. The average molecular weight is 351 g/mol. The number of thioether (sulfide) groups is 1. The van der Waals surface area contributed by atoms with E-state index in [0.717, 1.165) is 49.1 Å². The molecule has 1 fully saturated rings. The summed E-state index contributed by atoms with van der Waals surface area (Å²) in [5.41, 5.74) is 8.24. The van der Waals surface area contributed by atoms with Crippen LogP contribution in [0.3, 0.4) is 0 Å². The highest BCUT2D eigenvalue weighted by Crippen LogP contribution is 2.27. The zero-order valence-corrected chi connectivity index (χ0v) is 14.5. The number of hydrogen-bond donors (Lipinski definition) is 1. The smallest absolute Gasteiger partial charge is 0.161 e. The number of halogens is 1.